The molecular weight excluding hydrogens is 393 g/mol. The molecule has 152 valence electrons. The molecule has 9 heteroatoms. The lowest BCUT2D eigenvalue weighted by molar-refractivity contribution is -0.120. The van der Waals surface area contributed by atoms with Crippen LogP contribution in [-0.2, 0) is 11.2 Å². The largest absolute Gasteiger partial charge is 0.369 e. The summed E-state index contributed by atoms with van der Waals surface area (Å²) >= 11 is 1.46. The van der Waals surface area contributed by atoms with E-state index in [2.05, 4.69) is 20.4 Å². The number of halogens is 1. The predicted octanol–water partition coefficient (Wildman–Crippen LogP) is 4.06. The minimum absolute atomic E-state index is 0.0158. The van der Waals surface area contributed by atoms with Gasteiger partial charge in [0.05, 0.1) is 5.69 Å². The van der Waals surface area contributed by atoms with E-state index in [0.717, 1.165) is 4.88 Å². The standard InChI is InChI=1S/C20H22FN5O2S/c1-3-17-23-19(28-25-17)14-4-5-16(15(21)10-14)26-8-6-13(7-9-26)18(27)24-20-22-11-12(2)29-20/h4-5,10-11,13H,3,6-9H2,1-2H3,(H,22,24,27). The Hall–Kier alpha value is -2.81. The summed E-state index contributed by atoms with van der Waals surface area (Å²) in [7, 11) is 0. The van der Waals surface area contributed by atoms with E-state index in [0.29, 0.717) is 60.4 Å². The number of aromatic nitrogens is 3. The Balaban J connectivity index is 1.38. The Labute approximate surface area is 172 Å². The van der Waals surface area contributed by atoms with E-state index in [9.17, 15) is 9.18 Å². The van der Waals surface area contributed by atoms with Crippen LogP contribution in [0.5, 0.6) is 0 Å². The monoisotopic (exact) mass is 415 g/mol. The summed E-state index contributed by atoms with van der Waals surface area (Å²) in [6, 6.07) is 4.94. The van der Waals surface area contributed by atoms with E-state index in [4.69, 9.17) is 4.52 Å². The quantitative estimate of drug-likeness (QED) is 0.677. The molecular formula is C20H22FN5O2S. The van der Waals surface area contributed by atoms with Crippen molar-refractivity contribution in [3.63, 3.8) is 0 Å². The summed E-state index contributed by atoms with van der Waals surface area (Å²) in [6.45, 7) is 5.12. The van der Waals surface area contributed by atoms with Crippen LogP contribution in [0.3, 0.4) is 0 Å². The van der Waals surface area contributed by atoms with Crippen molar-refractivity contribution in [3.8, 4) is 11.5 Å². The van der Waals surface area contributed by atoms with E-state index >= 15 is 0 Å². The first kappa shape index (κ1) is 19.5. The van der Waals surface area contributed by atoms with Crippen molar-refractivity contribution < 1.29 is 13.7 Å². The second kappa shape index (κ2) is 8.28. The molecule has 2 aromatic heterocycles. The number of hydrogen-bond donors (Lipinski definition) is 1. The maximum Gasteiger partial charge on any atom is 0.258 e. The molecule has 3 heterocycles. The first-order valence-electron chi connectivity index (χ1n) is 9.64. The highest BCUT2D eigenvalue weighted by atomic mass is 32.1. The van der Waals surface area contributed by atoms with Gasteiger partial charge in [0.15, 0.2) is 11.0 Å². The number of nitrogens with one attached hydrogen (secondary N) is 1. The molecule has 29 heavy (non-hydrogen) atoms. The lowest BCUT2D eigenvalue weighted by atomic mass is 9.95. The molecule has 0 atom stereocenters. The lowest BCUT2D eigenvalue weighted by Crippen LogP contribution is -2.38. The zero-order chi connectivity index (χ0) is 20.4. The average molecular weight is 415 g/mol. The van der Waals surface area contributed by atoms with E-state index in [1.807, 2.05) is 18.7 Å². The van der Waals surface area contributed by atoms with Gasteiger partial charge in [0.1, 0.15) is 5.82 Å². The maximum absolute atomic E-state index is 14.7. The minimum atomic E-state index is -0.333. The second-order valence-corrected chi connectivity index (χ2v) is 8.30. The molecule has 1 aliphatic heterocycles. The zero-order valence-corrected chi connectivity index (χ0v) is 17.1. The van der Waals surface area contributed by atoms with E-state index in [1.54, 1.807) is 18.3 Å². The number of rotatable bonds is 5. The number of carbonyl (C=O) groups excluding carboxylic acids is 1. The van der Waals surface area contributed by atoms with E-state index in [1.165, 1.54) is 17.4 Å². The molecule has 1 amide bonds. The van der Waals surface area contributed by atoms with Gasteiger partial charge in [-0.25, -0.2) is 9.37 Å². The lowest BCUT2D eigenvalue weighted by Gasteiger charge is -2.33. The zero-order valence-electron chi connectivity index (χ0n) is 16.3. The molecule has 0 spiro atoms. The topological polar surface area (TPSA) is 84.2 Å². The summed E-state index contributed by atoms with van der Waals surface area (Å²) < 4.78 is 19.9. The Kier molecular flexibility index (Phi) is 5.57. The van der Waals surface area contributed by atoms with Gasteiger partial charge in [-0.3, -0.25) is 4.79 Å². The van der Waals surface area contributed by atoms with Gasteiger partial charge >= 0.3 is 0 Å². The number of nitrogens with zero attached hydrogens (tertiary/aromatic N) is 4. The molecule has 3 aromatic rings. The van der Waals surface area contributed by atoms with Crippen molar-refractivity contribution in [3.05, 3.63) is 40.9 Å². The molecule has 1 fully saturated rings. The number of carbonyl (C=O) groups is 1. The predicted molar refractivity (Wildman–Crippen MR) is 109 cm³/mol. The molecule has 1 aromatic carbocycles. The van der Waals surface area contributed by atoms with Crippen LogP contribution in [0.15, 0.2) is 28.9 Å². The fraction of sp³-hybridized carbons (Fsp3) is 0.400. The smallest absolute Gasteiger partial charge is 0.258 e. The van der Waals surface area contributed by atoms with Gasteiger partial charge in [-0.2, -0.15) is 4.98 Å². The minimum Gasteiger partial charge on any atom is -0.369 e. The van der Waals surface area contributed by atoms with E-state index in [-0.39, 0.29) is 17.6 Å². The van der Waals surface area contributed by atoms with Crippen LogP contribution in [0.25, 0.3) is 11.5 Å². The average Bonchev–Trinajstić information content (AvgIpc) is 3.37. The third-order valence-electron chi connectivity index (χ3n) is 5.04. The summed E-state index contributed by atoms with van der Waals surface area (Å²) in [5.74, 6) is 0.472. The normalized spacial score (nSPS) is 14.9. The van der Waals surface area contributed by atoms with Crippen molar-refractivity contribution in [2.24, 2.45) is 5.92 Å². The molecule has 7 nitrogen and oxygen atoms in total. The van der Waals surface area contributed by atoms with Gasteiger partial charge < -0.3 is 14.7 Å². The highest BCUT2D eigenvalue weighted by Gasteiger charge is 2.27. The molecule has 1 N–H and O–H groups in total. The number of hydrogen-bond acceptors (Lipinski definition) is 7. The molecule has 0 saturated carbocycles. The van der Waals surface area contributed by atoms with Crippen LogP contribution in [0.4, 0.5) is 15.2 Å². The summed E-state index contributed by atoms with van der Waals surface area (Å²) in [4.78, 5) is 23.9. The molecule has 4 rings (SSSR count). The van der Waals surface area contributed by atoms with Gasteiger partial charge in [-0.05, 0) is 38.0 Å². The highest BCUT2D eigenvalue weighted by molar-refractivity contribution is 7.15. The van der Waals surface area contributed by atoms with Gasteiger partial charge in [0.2, 0.25) is 5.91 Å². The van der Waals surface area contributed by atoms with Gasteiger partial charge in [0.25, 0.3) is 5.89 Å². The number of thiazole rings is 1. The third-order valence-corrected chi connectivity index (χ3v) is 5.86. The number of piperidine rings is 1. The summed E-state index contributed by atoms with van der Waals surface area (Å²) in [6.07, 6.45) is 3.74. The Morgan fingerprint density at radius 3 is 2.79 bits per heavy atom. The summed E-state index contributed by atoms with van der Waals surface area (Å²) in [5, 5.41) is 7.36. The van der Waals surface area contributed by atoms with E-state index < -0.39 is 0 Å². The Morgan fingerprint density at radius 2 is 2.17 bits per heavy atom. The van der Waals surface area contributed by atoms with Crippen LogP contribution in [0, 0.1) is 18.7 Å². The number of amides is 1. The molecule has 0 aliphatic carbocycles. The van der Waals surface area contributed by atoms with Gasteiger partial charge in [-0.15, -0.1) is 11.3 Å². The molecule has 1 aliphatic rings. The maximum atomic E-state index is 14.7. The number of aryl methyl sites for hydroxylation is 2. The van der Waals surface area contributed by atoms with Crippen LogP contribution < -0.4 is 10.2 Å². The molecule has 0 unspecified atom stereocenters. The van der Waals surface area contributed by atoms with Crippen molar-refractivity contribution in [1.82, 2.24) is 15.1 Å². The fourth-order valence-electron chi connectivity index (χ4n) is 3.41. The van der Waals surface area contributed by atoms with Crippen molar-refractivity contribution in [2.75, 3.05) is 23.3 Å². The first-order chi connectivity index (χ1) is 14.0. The first-order valence-corrected chi connectivity index (χ1v) is 10.5. The van der Waals surface area contributed by atoms with Crippen molar-refractivity contribution in [1.29, 1.82) is 0 Å². The van der Waals surface area contributed by atoms with Crippen molar-refractivity contribution >= 4 is 28.1 Å². The molecule has 1 saturated heterocycles. The summed E-state index contributed by atoms with van der Waals surface area (Å²) in [5.41, 5.74) is 1.09. The Morgan fingerprint density at radius 1 is 1.38 bits per heavy atom. The van der Waals surface area contributed by atoms with Gasteiger partial charge in [0, 0.05) is 42.1 Å². The fourth-order valence-corrected chi connectivity index (χ4v) is 4.08. The highest BCUT2D eigenvalue weighted by Crippen LogP contribution is 2.30. The number of anilines is 2. The van der Waals surface area contributed by atoms with Crippen molar-refractivity contribution in [2.45, 2.75) is 33.1 Å². The third kappa shape index (κ3) is 4.29. The SMILES string of the molecule is CCc1noc(-c2ccc(N3CCC(C(=O)Nc4ncc(C)s4)CC3)c(F)c2)n1. The Bertz CT molecular complexity index is 1010. The van der Waals surface area contributed by atoms with Crippen LogP contribution in [0.1, 0.15) is 30.5 Å². The molecule has 0 radical (unpaired) electrons. The second-order valence-electron chi connectivity index (χ2n) is 7.06. The van der Waals surface area contributed by atoms with Crippen LogP contribution in [0.2, 0.25) is 0 Å². The van der Waals surface area contributed by atoms with Gasteiger partial charge in [-0.1, -0.05) is 12.1 Å². The molecule has 0 bridgehead atoms. The van der Waals surface area contributed by atoms with Crippen LogP contribution >= 0.6 is 11.3 Å². The number of benzene rings is 1. The van der Waals surface area contributed by atoms with Crippen LogP contribution in [-0.4, -0.2) is 34.1 Å².